The second kappa shape index (κ2) is 8.28. The van der Waals surface area contributed by atoms with Crippen LogP contribution < -0.4 is 10.5 Å². The highest BCUT2D eigenvalue weighted by Gasteiger charge is 2.17. The monoisotopic (exact) mass is 290 g/mol. The van der Waals surface area contributed by atoms with E-state index in [9.17, 15) is 0 Å². The van der Waals surface area contributed by atoms with Crippen molar-refractivity contribution >= 4 is 5.69 Å². The summed E-state index contributed by atoms with van der Waals surface area (Å²) in [6.45, 7) is 7.67. The summed E-state index contributed by atoms with van der Waals surface area (Å²) >= 11 is 0. The molecule has 118 valence electrons. The number of hydrogen-bond acceptors (Lipinski definition) is 3. The first-order valence-electron chi connectivity index (χ1n) is 8.46. The van der Waals surface area contributed by atoms with E-state index in [1.807, 2.05) is 6.07 Å². The normalized spacial score (nSPS) is 19.6. The van der Waals surface area contributed by atoms with Crippen molar-refractivity contribution in [2.45, 2.75) is 58.4 Å². The number of nitrogens with zero attached hydrogens (tertiary/aromatic N) is 1. The zero-order valence-electron chi connectivity index (χ0n) is 13.6. The van der Waals surface area contributed by atoms with Gasteiger partial charge in [-0.05, 0) is 69.8 Å². The van der Waals surface area contributed by atoms with Crippen LogP contribution in [0.5, 0.6) is 5.75 Å². The van der Waals surface area contributed by atoms with E-state index in [2.05, 4.69) is 30.9 Å². The number of rotatable bonds is 7. The Morgan fingerprint density at radius 1 is 1.33 bits per heavy atom. The first kappa shape index (κ1) is 16.2. The highest BCUT2D eigenvalue weighted by atomic mass is 16.5. The van der Waals surface area contributed by atoms with E-state index in [0.717, 1.165) is 36.9 Å². The Balaban J connectivity index is 1.79. The second-order valence-corrected chi connectivity index (χ2v) is 6.20. The Bertz CT molecular complexity index is 433. The van der Waals surface area contributed by atoms with Crippen molar-refractivity contribution in [1.82, 2.24) is 4.90 Å². The molecule has 0 saturated carbocycles. The highest BCUT2D eigenvalue weighted by molar-refractivity contribution is 5.54. The van der Waals surface area contributed by atoms with Crippen molar-refractivity contribution in [2.75, 3.05) is 25.4 Å². The number of anilines is 1. The number of benzene rings is 1. The van der Waals surface area contributed by atoms with E-state index in [4.69, 9.17) is 10.5 Å². The molecule has 3 nitrogen and oxygen atoms in total. The lowest BCUT2D eigenvalue weighted by Crippen LogP contribution is -2.38. The van der Waals surface area contributed by atoms with Gasteiger partial charge in [-0.3, -0.25) is 0 Å². The maximum atomic E-state index is 6.06. The van der Waals surface area contributed by atoms with Crippen LogP contribution in [0.3, 0.4) is 0 Å². The third-order valence-electron chi connectivity index (χ3n) is 4.39. The minimum atomic E-state index is 0.733. The molecular formula is C18H30N2O. The molecule has 1 saturated heterocycles. The Hall–Kier alpha value is -1.22. The van der Waals surface area contributed by atoms with Crippen LogP contribution in [0.15, 0.2) is 18.2 Å². The van der Waals surface area contributed by atoms with E-state index in [0.29, 0.717) is 0 Å². The molecule has 1 heterocycles. The molecule has 1 aliphatic heterocycles. The van der Waals surface area contributed by atoms with Crippen molar-refractivity contribution in [3.05, 3.63) is 23.8 Å². The summed E-state index contributed by atoms with van der Waals surface area (Å²) in [6, 6.07) is 7.00. The molecule has 0 spiro atoms. The van der Waals surface area contributed by atoms with Gasteiger partial charge in [-0.2, -0.15) is 0 Å². The summed E-state index contributed by atoms with van der Waals surface area (Å²) in [5.74, 6) is 0.824. The Morgan fingerprint density at radius 3 is 2.90 bits per heavy atom. The van der Waals surface area contributed by atoms with E-state index in [1.54, 1.807) is 0 Å². The number of piperidine rings is 1. The number of aryl methyl sites for hydroxylation is 1. The van der Waals surface area contributed by atoms with Gasteiger partial charge in [-0.25, -0.2) is 0 Å². The summed E-state index contributed by atoms with van der Waals surface area (Å²) in [5, 5.41) is 0. The molecule has 0 aliphatic carbocycles. The van der Waals surface area contributed by atoms with Gasteiger partial charge >= 0.3 is 0 Å². The van der Waals surface area contributed by atoms with Crippen LogP contribution in [0.2, 0.25) is 0 Å². The molecule has 1 aromatic rings. The van der Waals surface area contributed by atoms with Crippen molar-refractivity contribution in [1.29, 1.82) is 0 Å². The molecule has 0 radical (unpaired) electrons. The van der Waals surface area contributed by atoms with Crippen LogP contribution in [-0.4, -0.2) is 30.6 Å². The standard InChI is InChI=1S/C18H30N2O/c1-3-13-21-18-10-9-16(14-17(18)19)8-6-12-20-11-5-4-7-15(20)2/h9-10,14-15H,3-8,11-13,19H2,1-2H3. The molecule has 1 atom stereocenters. The molecule has 1 aromatic carbocycles. The van der Waals surface area contributed by atoms with Crippen molar-refractivity contribution < 1.29 is 4.74 Å². The average molecular weight is 290 g/mol. The first-order chi connectivity index (χ1) is 10.2. The molecule has 3 heteroatoms. The second-order valence-electron chi connectivity index (χ2n) is 6.20. The Labute approximate surface area is 129 Å². The van der Waals surface area contributed by atoms with Crippen LogP contribution in [0.25, 0.3) is 0 Å². The molecule has 2 N–H and O–H groups in total. The molecular weight excluding hydrogens is 260 g/mol. The lowest BCUT2D eigenvalue weighted by Gasteiger charge is -2.33. The summed E-state index contributed by atoms with van der Waals surface area (Å²) in [7, 11) is 0. The summed E-state index contributed by atoms with van der Waals surface area (Å²) < 4.78 is 5.62. The largest absolute Gasteiger partial charge is 0.491 e. The average Bonchev–Trinajstić information content (AvgIpc) is 2.48. The highest BCUT2D eigenvalue weighted by Crippen LogP contribution is 2.24. The van der Waals surface area contributed by atoms with Crippen molar-refractivity contribution in [3.63, 3.8) is 0 Å². The number of likely N-dealkylation sites (tertiary alicyclic amines) is 1. The van der Waals surface area contributed by atoms with Crippen LogP contribution in [0, 0.1) is 0 Å². The third-order valence-corrected chi connectivity index (χ3v) is 4.39. The number of hydrogen-bond donors (Lipinski definition) is 1. The van der Waals surface area contributed by atoms with Gasteiger partial charge in [0.25, 0.3) is 0 Å². The van der Waals surface area contributed by atoms with Gasteiger partial charge in [0, 0.05) is 6.04 Å². The Kier molecular flexibility index (Phi) is 6.37. The van der Waals surface area contributed by atoms with Crippen molar-refractivity contribution in [3.8, 4) is 5.75 Å². The van der Waals surface area contributed by atoms with Crippen LogP contribution in [0.1, 0.15) is 51.5 Å². The van der Waals surface area contributed by atoms with Gasteiger partial charge in [0.1, 0.15) is 5.75 Å². The minimum Gasteiger partial charge on any atom is -0.491 e. The molecule has 2 rings (SSSR count). The minimum absolute atomic E-state index is 0.733. The molecule has 0 amide bonds. The zero-order chi connectivity index (χ0) is 15.1. The predicted molar refractivity (Wildman–Crippen MR) is 89.8 cm³/mol. The van der Waals surface area contributed by atoms with E-state index >= 15 is 0 Å². The molecule has 0 bridgehead atoms. The fourth-order valence-electron chi connectivity index (χ4n) is 3.07. The predicted octanol–water partition coefficient (Wildman–Crippen LogP) is 3.86. The molecule has 1 fully saturated rings. The van der Waals surface area contributed by atoms with Crippen molar-refractivity contribution in [2.24, 2.45) is 0 Å². The lowest BCUT2D eigenvalue weighted by molar-refractivity contribution is 0.159. The third kappa shape index (κ3) is 4.92. The number of ether oxygens (including phenoxy) is 1. The maximum absolute atomic E-state index is 6.06. The van der Waals surface area contributed by atoms with Gasteiger partial charge < -0.3 is 15.4 Å². The van der Waals surface area contributed by atoms with Crippen LogP contribution in [-0.2, 0) is 6.42 Å². The van der Waals surface area contributed by atoms with Gasteiger partial charge in [-0.15, -0.1) is 0 Å². The molecule has 1 unspecified atom stereocenters. The van der Waals surface area contributed by atoms with Crippen LogP contribution >= 0.6 is 0 Å². The van der Waals surface area contributed by atoms with E-state index in [-0.39, 0.29) is 0 Å². The lowest BCUT2D eigenvalue weighted by atomic mass is 10.0. The zero-order valence-corrected chi connectivity index (χ0v) is 13.6. The maximum Gasteiger partial charge on any atom is 0.142 e. The van der Waals surface area contributed by atoms with Gasteiger partial charge in [0.15, 0.2) is 0 Å². The van der Waals surface area contributed by atoms with E-state index < -0.39 is 0 Å². The number of nitrogens with two attached hydrogens (primary N) is 1. The van der Waals surface area contributed by atoms with Gasteiger partial charge in [0.2, 0.25) is 0 Å². The summed E-state index contributed by atoms with van der Waals surface area (Å²) in [6.07, 6.45) is 7.43. The first-order valence-corrected chi connectivity index (χ1v) is 8.46. The molecule has 21 heavy (non-hydrogen) atoms. The fourth-order valence-corrected chi connectivity index (χ4v) is 3.07. The quantitative estimate of drug-likeness (QED) is 0.775. The Morgan fingerprint density at radius 2 is 2.19 bits per heavy atom. The molecule has 0 aromatic heterocycles. The summed E-state index contributed by atoms with van der Waals surface area (Å²) in [4.78, 5) is 2.63. The topological polar surface area (TPSA) is 38.5 Å². The smallest absolute Gasteiger partial charge is 0.142 e. The summed E-state index contributed by atoms with van der Waals surface area (Å²) in [5.41, 5.74) is 8.15. The SMILES string of the molecule is CCCOc1ccc(CCCN2CCCCC2C)cc1N. The fraction of sp³-hybridized carbons (Fsp3) is 0.667. The number of nitrogen functional groups attached to an aromatic ring is 1. The molecule has 1 aliphatic rings. The van der Waals surface area contributed by atoms with Gasteiger partial charge in [-0.1, -0.05) is 19.4 Å². The van der Waals surface area contributed by atoms with Gasteiger partial charge in [0.05, 0.1) is 12.3 Å². The van der Waals surface area contributed by atoms with E-state index in [1.165, 1.54) is 44.3 Å². The van der Waals surface area contributed by atoms with Crippen LogP contribution in [0.4, 0.5) is 5.69 Å².